The number of hydrogen-bond acceptors (Lipinski definition) is 3. The van der Waals surface area contributed by atoms with Gasteiger partial charge in [0.2, 0.25) is 0 Å². The molecular weight excluding hydrogens is 245 g/mol. The third-order valence-electron chi connectivity index (χ3n) is 2.73. The minimum atomic E-state index is -0.680. The summed E-state index contributed by atoms with van der Waals surface area (Å²) >= 11 is 0. The van der Waals surface area contributed by atoms with E-state index >= 15 is 0 Å². The Bertz CT molecular complexity index is 599. The van der Waals surface area contributed by atoms with Crippen LogP contribution in [-0.2, 0) is 6.54 Å². The Kier molecular flexibility index (Phi) is 3.66. The van der Waals surface area contributed by atoms with Crippen molar-refractivity contribution in [2.24, 2.45) is 5.73 Å². The lowest BCUT2D eigenvalue weighted by Gasteiger charge is -2.10. The van der Waals surface area contributed by atoms with Crippen LogP contribution in [0.2, 0.25) is 0 Å². The van der Waals surface area contributed by atoms with Crippen molar-refractivity contribution in [3.05, 3.63) is 59.4 Å². The third kappa shape index (κ3) is 3.01. The van der Waals surface area contributed by atoms with Crippen LogP contribution in [0.5, 0.6) is 0 Å². The molecule has 98 valence electrons. The zero-order valence-corrected chi connectivity index (χ0v) is 10.2. The van der Waals surface area contributed by atoms with Gasteiger partial charge in [0.05, 0.1) is 11.3 Å². The van der Waals surface area contributed by atoms with Gasteiger partial charge in [0.25, 0.3) is 5.91 Å². The topological polar surface area (TPSA) is 81.1 Å². The Hall–Kier alpha value is -2.56. The number of anilines is 2. The molecule has 0 aliphatic rings. The molecule has 2 aromatic carbocycles. The number of rotatable bonds is 4. The number of carbonyl (C=O) groups is 1. The van der Waals surface area contributed by atoms with E-state index < -0.39 is 11.7 Å². The fourth-order valence-corrected chi connectivity index (χ4v) is 1.73. The van der Waals surface area contributed by atoms with Crippen LogP contribution < -0.4 is 16.8 Å². The van der Waals surface area contributed by atoms with Crippen LogP contribution in [0.4, 0.5) is 15.8 Å². The number of nitrogen functional groups attached to an aromatic ring is 1. The number of carbonyl (C=O) groups excluding carboxylic acids is 1. The van der Waals surface area contributed by atoms with Gasteiger partial charge < -0.3 is 16.8 Å². The first-order valence-corrected chi connectivity index (χ1v) is 5.74. The van der Waals surface area contributed by atoms with Crippen LogP contribution in [0.25, 0.3) is 0 Å². The van der Waals surface area contributed by atoms with E-state index in [1.165, 1.54) is 6.07 Å². The first-order chi connectivity index (χ1) is 9.08. The van der Waals surface area contributed by atoms with Crippen LogP contribution in [0.3, 0.4) is 0 Å². The number of hydrogen-bond donors (Lipinski definition) is 3. The molecule has 0 aliphatic heterocycles. The van der Waals surface area contributed by atoms with Gasteiger partial charge in [-0.05, 0) is 17.7 Å². The molecule has 0 unspecified atom stereocenters. The first kappa shape index (κ1) is 12.9. The molecule has 0 radical (unpaired) electrons. The maximum Gasteiger partial charge on any atom is 0.250 e. The molecule has 5 N–H and O–H groups in total. The van der Waals surface area contributed by atoms with E-state index in [4.69, 9.17) is 11.5 Å². The van der Waals surface area contributed by atoms with Gasteiger partial charge in [0.15, 0.2) is 0 Å². The lowest BCUT2D eigenvalue weighted by atomic mass is 10.1. The summed E-state index contributed by atoms with van der Waals surface area (Å²) in [5, 5.41) is 2.91. The van der Waals surface area contributed by atoms with Gasteiger partial charge in [0, 0.05) is 12.2 Å². The summed E-state index contributed by atoms with van der Waals surface area (Å²) in [6.07, 6.45) is 0. The number of halogens is 1. The highest BCUT2D eigenvalue weighted by Gasteiger charge is 2.11. The van der Waals surface area contributed by atoms with Crippen molar-refractivity contribution in [1.82, 2.24) is 0 Å². The summed E-state index contributed by atoms with van der Waals surface area (Å²) in [6, 6.07) is 11.9. The highest BCUT2D eigenvalue weighted by molar-refractivity contribution is 5.99. The second-order valence-electron chi connectivity index (χ2n) is 4.12. The predicted octanol–water partition coefficient (Wildman–Crippen LogP) is 2.12. The predicted molar refractivity (Wildman–Crippen MR) is 73.1 cm³/mol. The van der Waals surface area contributed by atoms with Gasteiger partial charge in [-0.15, -0.1) is 0 Å². The molecule has 0 bridgehead atoms. The molecule has 0 fully saturated rings. The molecule has 5 heteroatoms. The van der Waals surface area contributed by atoms with Gasteiger partial charge >= 0.3 is 0 Å². The van der Waals surface area contributed by atoms with Crippen molar-refractivity contribution in [3.63, 3.8) is 0 Å². The number of benzene rings is 2. The summed E-state index contributed by atoms with van der Waals surface area (Å²) < 4.78 is 13.7. The Labute approximate surface area is 110 Å². The summed E-state index contributed by atoms with van der Waals surface area (Å²) in [6.45, 7) is 0.444. The molecule has 1 amide bonds. The summed E-state index contributed by atoms with van der Waals surface area (Å²) in [4.78, 5) is 11.2. The molecule has 2 rings (SSSR count). The zero-order valence-electron chi connectivity index (χ0n) is 10.2. The summed E-state index contributed by atoms with van der Waals surface area (Å²) in [5.74, 6) is -1.20. The summed E-state index contributed by atoms with van der Waals surface area (Å²) in [7, 11) is 0. The van der Waals surface area contributed by atoms with Crippen LogP contribution in [0.1, 0.15) is 15.9 Å². The molecule has 0 saturated heterocycles. The minimum absolute atomic E-state index is 0.0373. The molecule has 19 heavy (non-hydrogen) atoms. The largest absolute Gasteiger partial charge is 0.398 e. The molecule has 0 aromatic heterocycles. The monoisotopic (exact) mass is 259 g/mol. The van der Waals surface area contributed by atoms with Gasteiger partial charge in [-0.25, -0.2) is 4.39 Å². The third-order valence-corrected chi connectivity index (χ3v) is 2.73. The van der Waals surface area contributed by atoms with E-state index in [1.807, 2.05) is 30.3 Å². The smallest absolute Gasteiger partial charge is 0.250 e. The first-order valence-electron chi connectivity index (χ1n) is 5.74. The zero-order chi connectivity index (χ0) is 13.8. The quantitative estimate of drug-likeness (QED) is 0.736. The molecular formula is C14H14FN3O. The van der Waals surface area contributed by atoms with Crippen molar-refractivity contribution in [2.75, 3.05) is 11.1 Å². The average Bonchev–Trinajstić information content (AvgIpc) is 2.38. The van der Waals surface area contributed by atoms with Gasteiger partial charge in [-0.3, -0.25) is 4.79 Å². The Morgan fingerprint density at radius 1 is 1.21 bits per heavy atom. The Morgan fingerprint density at radius 3 is 2.53 bits per heavy atom. The van der Waals surface area contributed by atoms with E-state index in [9.17, 15) is 9.18 Å². The number of primary amides is 1. The van der Waals surface area contributed by atoms with E-state index in [0.29, 0.717) is 6.54 Å². The van der Waals surface area contributed by atoms with Crippen molar-refractivity contribution in [1.29, 1.82) is 0 Å². The van der Waals surface area contributed by atoms with Crippen LogP contribution in [0.15, 0.2) is 42.5 Å². The van der Waals surface area contributed by atoms with Gasteiger partial charge in [-0.1, -0.05) is 30.3 Å². The van der Waals surface area contributed by atoms with E-state index in [0.717, 1.165) is 11.6 Å². The van der Waals surface area contributed by atoms with Crippen molar-refractivity contribution < 1.29 is 9.18 Å². The van der Waals surface area contributed by atoms with Crippen molar-refractivity contribution in [2.45, 2.75) is 6.54 Å². The fraction of sp³-hybridized carbons (Fsp3) is 0.0714. The molecule has 0 aliphatic carbocycles. The van der Waals surface area contributed by atoms with Gasteiger partial charge in [0.1, 0.15) is 5.82 Å². The number of nitrogens with two attached hydrogens (primary N) is 2. The molecule has 0 atom stereocenters. The Balaban J connectivity index is 2.21. The van der Waals surface area contributed by atoms with Crippen LogP contribution >= 0.6 is 0 Å². The average molecular weight is 259 g/mol. The molecule has 2 aromatic rings. The molecule has 0 spiro atoms. The lowest BCUT2D eigenvalue weighted by molar-refractivity contribution is 0.100. The van der Waals surface area contributed by atoms with Crippen molar-refractivity contribution in [3.8, 4) is 0 Å². The molecule has 0 saturated carbocycles. The Morgan fingerprint density at radius 2 is 1.89 bits per heavy atom. The van der Waals surface area contributed by atoms with Crippen molar-refractivity contribution >= 4 is 17.3 Å². The minimum Gasteiger partial charge on any atom is -0.398 e. The van der Waals surface area contributed by atoms with E-state index in [1.54, 1.807) is 0 Å². The summed E-state index contributed by atoms with van der Waals surface area (Å²) in [5.41, 5.74) is 12.0. The highest BCUT2D eigenvalue weighted by Crippen LogP contribution is 2.22. The maximum atomic E-state index is 13.7. The molecule has 4 nitrogen and oxygen atoms in total. The van der Waals surface area contributed by atoms with Crippen LogP contribution in [0, 0.1) is 5.82 Å². The lowest BCUT2D eigenvalue weighted by Crippen LogP contribution is -2.14. The molecule has 0 heterocycles. The highest BCUT2D eigenvalue weighted by atomic mass is 19.1. The van der Waals surface area contributed by atoms with E-state index in [-0.39, 0.29) is 16.9 Å². The fourth-order valence-electron chi connectivity index (χ4n) is 1.73. The normalized spacial score (nSPS) is 10.2. The SMILES string of the molecule is NC(=O)c1cc(NCc2ccccc2)c(F)cc1N. The van der Waals surface area contributed by atoms with Crippen LogP contribution in [-0.4, -0.2) is 5.91 Å². The maximum absolute atomic E-state index is 13.7. The standard InChI is InChI=1S/C14H14FN3O/c15-11-7-12(16)10(14(17)19)6-13(11)18-8-9-4-2-1-3-5-9/h1-7,18H,8,16H2,(H2,17,19). The second kappa shape index (κ2) is 5.39. The number of nitrogens with one attached hydrogen (secondary N) is 1. The van der Waals surface area contributed by atoms with Gasteiger partial charge in [-0.2, -0.15) is 0 Å². The van der Waals surface area contributed by atoms with E-state index in [2.05, 4.69) is 5.32 Å². The number of amides is 1. The second-order valence-corrected chi connectivity index (χ2v) is 4.12.